The molecule has 152 valence electrons. The van der Waals surface area contributed by atoms with Crippen LogP contribution >= 0.6 is 11.3 Å². The minimum Gasteiger partial charge on any atom is -0.320 e. The van der Waals surface area contributed by atoms with E-state index in [1.165, 1.54) is 6.42 Å². The molecule has 2 N–H and O–H groups in total. The van der Waals surface area contributed by atoms with Crippen LogP contribution in [0.15, 0.2) is 41.8 Å². The van der Waals surface area contributed by atoms with Gasteiger partial charge in [-0.15, -0.1) is 21.5 Å². The zero-order valence-corrected chi connectivity index (χ0v) is 17.5. The third-order valence-corrected chi connectivity index (χ3v) is 6.35. The fraction of sp³-hybridized carbons (Fsp3) is 0.273. The number of amides is 1. The number of anilines is 1. The van der Waals surface area contributed by atoms with Gasteiger partial charge in [0, 0.05) is 24.2 Å². The molecule has 8 heteroatoms. The molecule has 0 radical (unpaired) electrons. The number of H-pyrrole nitrogens is 1. The Morgan fingerprint density at radius 3 is 2.97 bits per heavy atom. The molecule has 0 spiro atoms. The minimum absolute atomic E-state index is 0.241. The van der Waals surface area contributed by atoms with E-state index < -0.39 is 0 Å². The van der Waals surface area contributed by atoms with Crippen molar-refractivity contribution in [2.45, 2.75) is 39.2 Å². The fourth-order valence-corrected chi connectivity index (χ4v) is 4.47. The van der Waals surface area contributed by atoms with Crippen LogP contribution in [0.25, 0.3) is 22.0 Å². The van der Waals surface area contributed by atoms with Crippen LogP contribution in [0.1, 0.15) is 41.1 Å². The molecule has 0 aliphatic carbocycles. The normalized spacial score (nSPS) is 13.6. The molecule has 0 saturated heterocycles. The van der Waals surface area contributed by atoms with Crippen LogP contribution in [0.2, 0.25) is 0 Å². The van der Waals surface area contributed by atoms with Gasteiger partial charge >= 0.3 is 0 Å². The van der Waals surface area contributed by atoms with E-state index in [2.05, 4.69) is 30.3 Å². The van der Waals surface area contributed by atoms with Crippen LogP contribution in [0.5, 0.6) is 0 Å². The molecule has 3 aromatic heterocycles. The van der Waals surface area contributed by atoms with Crippen LogP contribution in [0.4, 0.5) is 5.69 Å². The molecular weight excluding hydrogens is 396 g/mol. The first-order valence-corrected chi connectivity index (χ1v) is 11.0. The van der Waals surface area contributed by atoms with E-state index in [0.717, 1.165) is 64.8 Å². The Labute approximate surface area is 178 Å². The van der Waals surface area contributed by atoms with Crippen molar-refractivity contribution in [1.82, 2.24) is 25.0 Å². The number of benzene rings is 1. The predicted molar refractivity (Wildman–Crippen MR) is 118 cm³/mol. The lowest BCUT2D eigenvalue weighted by Gasteiger charge is -2.11. The molecule has 7 nitrogen and oxygen atoms in total. The first-order chi connectivity index (χ1) is 14.7. The van der Waals surface area contributed by atoms with Crippen molar-refractivity contribution in [1.29, 1.82) is 0 Å². The van der Waals surface area contributed by atoms with Gasteiger partial charge in [-0.25, -0.2) is 0 Å². The van der Waals surface area contributed by atoms with Gasteiger partial charge < -0.3 is 9.88 Å². The lowest BCUT2D eigenvalue weighted by molar-refractivity contribution is 0.102. The Morgan fingerprint density at radius 1 is 1.17 bits per heavy atom. The van der Waals surface area contributed by atoms with Gasteiger partial charge in [0.05, 0.1) is 10.6 Å². The number of thiophene rings is 1. The number of carbonyl (C=O) groups excluding carboxylic acids is 1. The second-order valence-electron chi connectivity index (χ2n) is 7.53. The van der Waals surface area contributed by atoms with E-state index >= 15 is 0 Å². The minimum atomic E-state index is -0.241. The van der Waals surface area contributed by atoms with Crippen molar-refractivity contribution >= 4 is 22.9 Å². The Kier molecular flexibility index (Phi) is 4.92. The van der Waals surface area contributed by atoms with E-state index in [1.54, 1.807) is 17.4 Å². The van der Waals surface area contributed by atoms with Gasteiger partial charge in [0.25, 0.3) is 5.91 Å². The zero-order chi connectivity index (χ0) is 20.5. The molecular formula is C22H22N6OS. The summed E-state index contributed by atoms with van der Waals surface area (Å²) < 4.78 is 2.21. The molecule has 5 rings (SSSR count). The number of hydrogen-bond donors (Lipinski definition) is 2. The molecule has 0 atom stereocenters. The maximum Gasteiger partial charge on any atom is 0.276 e. The highest BCUT2D eigenvalue weighted by Crippen LogP contribution is 2.28. The number of aromatic amines is 1. The van der Waals surface area contributed by atoms with Crippen molar-refractivity contribution in [3.63, 3.8) is 0 Å². The zero-order valence-electron chi connectivity index (χ0n) is 16.7. The van der Waals surface area contributed by atoms with Gasteiger partial charge in [-0.3, -0.25) is 9.89 Å². The van der Waals surface area contributed by atoms with Crippen LogP contribution in [-0.2, 0) is 13.0 Å². The fourth-order valence-electron chi connectivity index (χ4n) is 3.78. The molecule has 4 aromatic rings. The first-order valence-electron chi connectivity index (χ1n) is 10.1. The average molecular weight is 419 g/mol. The van der Waals surface area contributed by atoms with Gasteiger partial charge in [-0.05, 0) is 48.9 Å². The Hall–Kier alpha value is -3.26. The molecule has 1 amide bonds. The Morgan fingerprint density at radius 2 is 2.10 bits per heavy atom. The molecule has 0 unspecified atom stereocenters. The molecule has 1 aliphatic rings. The summed E-state index contributed by atoms with van der Waals surface area (Å²) in [4.78, 5) is 13.9. The number of rotatable bonds is 4. The van der Waals surface area contributed by atoms with Crippen molar-refractivity contribution in [3.8, 4) is 22.0 Å². The van der Waals surface area contributed by atoms with E-state index in [0.29, 0.717) is 5.69 Å². The average Bonchev–Trinajstić information content (AvgIpc) is 3.48. The van der Waals surface area contributed by atoms with Gasteiger partial charge in [0.2, 0.25) is 0 Å². The van der Waals surface area contributed by atoms with Crippen molar-refractivity contribution in [2.24, 2.45) is 0 Å². The van der Waals surface area contributed by atoms with Crippen LogP contribution in [0, 0.1) is 6.92 Å². The highest BCUT2D eigenvalue weighted by molar-refractivity contribution is 7.13. The topological polar surface area (TPSA) is 88.5 Å². The summed E-state index contributed by atoms with van der Waals surface area (Å²) in [6.07, 6.45) is 4.48. The summed E-state index contributed by atoms with van der Waals surface area (Å²) in [7, 11) is 0. The maximum atomic E-state index is 12.8. The van der Waals surface area contributed by atoms with Gasteiger partial charge in [0.15, 0.2) is 11.5 Å². The van der Waals surface area contributed by atoms with Crippen LogP contribution in [0.3, 0.4) is 0 Å². The molecule has 0 saturated carbocycles. The highest BCUT2D eigenvalue weighted by atomic mass is 32.1. The smallest absolute Gasteiger partial charge is 0.276 e. The summed E-state index contributed by atoms with van der Waals surface area (Å²) in [5, 5.41) is 21.0. The van der Waals surface area contributed by atoms with Gasteiger partial charge in [0.1, 0.15) is 5.82 Å². The number of fused-ring (bicyclic) bond motifs is 1. The first kappa shape index (κ1) is 18.7. The molecule has 0 fully saturated rings. The number of nitrogens with one attached hydrogen (secondary N) is 2. The molecule has 1 aromatic carbocycles. The van der Waals surface area contributed by atoms with E-state index in [-0.39, 0.29) is 5.91 Å². The lowest BCUT2D eigenvalue weighted by atomic mass is 10.1. The monoisotopic (exact) mass is 418 g/mol. The highest BCUT2D eigenvalue weighted by Gasteiger charge is 2.18. The number of carbonyl (C=O) groups is 1. The predicted octanol–water partition coefficient (Wildman–Crippen LogP) is 4.68. The van der Waals surface area contributed by atoms with Crippen molar-refractivity contribution in [2.75, 3.05) is 5.32 Å². The second kappa shape index (κ2) is 7.87. The maximum absolute atomic E-state index is 12.8. The number of nitrogens with zero attached hydrogens (tertiary/aromatic N) is 4. The number of aromatic nitrogens is 5. The summed E-state index contributed by atoms with van der Waals surface area (Å²) in [6, 6.07) is 11.8. The quantitative estimate of drug-likeness (QED) is 0.503. The largest absolute Gasteiger partial charge is 0.320 e. The third kappa shape index (κ3) is 3.54. The van der Waals surface area contributed by atoms with E-state index in [9.17, 15) is 4.79 Å². The Balaban J connectivity index is 1.41. The number of aryl methyl sites for hydroxylation is 2. The van der Waals surface area contributed by atoms with Crippen LogP contribution in [-0.4, -0.2) is 30.9 Å². The van der Waals surface area contributed by atoms with Crippen LogP contribution < -0.4 is 5.32 Å². The lowest BCUT2D eigenvalue weighted by Crippen LogP contribution is -2.13. The molecule has 4 heterocycles. The molecule has 1 aliphatic heterocycles. The van der Waals surface area contributed by atoms with Crippen molar-refractivity contribution < 1.29 is 4.79 Å². The SMILES string of the molecule is Cc1ccc(-c2nnc3n2CCCCC3)cc1NC(=O)c1cc(-c2cccs2)[nH]n1. The molecule has 30 heavy (non-hydrogen) atoms. The Bertz CT molecular complexity index is 1190. The van der Waals surface area contributed by atoms with Crippen molar-refractivity contribution in [3.05, 3.63) is 58.9 Å². The standard InChI is InChI=1S/C22H22N6OS/c1-14-8-9-15(21-27-26-20-7-3-2-4-10-28(20)21)12-16(14)23-22(29)18-13-17(24-25-18)19-6-5-11-30-19/h5-6,8-9,11-13H,2-4,7,10H2,1H3,(H,23,29)(H,24,25). The van der Waals surface area contributed by atoms with Gasteiger partial charge in [-0.1, -0.05) is 24.6 Å². The van der Waals surface area contributed by atoms with E-state index in [1.807, 2.05) is 42.6 Å². The second-order valence-corrected chi connectivity index (χ2v) is 8.48. The van der Waals surface area contributed by atoms with E-state index in [4.69, 9.17) is 0 Å². The molecule has 0 bridgehead atoms. The summed E-state index contributed by atoms with van der Waals surface area (Å²) in [5.41, 5.74) is 3.89. The third-order valence-electron chi connectivity index (χ3n) is 5.45. The summed E-state index contributed by atoms with van der Waals surface area (Å²) >= 11 is 1.60. The number of hydrogen-bond acceptors (Lipinski definition) is 5. The summed E-state index contributed by atoms with van der Waals surface area (Å²) in [6.45, 7) is 2.91. The van der Waals surface area contributed by atoms with Gasteiger partial charge in [-0.2, -0.15) is 5.10 Å². The summed E-state index contributed by atoms with van der Waals surface area (Å²) in [5.74, 6) is 1.67.